The second-order valence-electron chi connectivity index (χ2n) is 11.8. The van der Waals surface area contributed by atoms with Gasteiger partial charge in [0.15, 0.2) is 5.82 Å². The van der Waals surface area contributed by atoms with E-state index in [1.54, 1.807) is 12.4 Å². The minimum Gasteiger partial charge on any atom is -0.345 e. The number of hydrogen-bond acceptors (Lipinski definition) is 5. The Morgan fingerprint density at radius 3 is 2.70 bits per heavy atom. The molecule has 4 heterocycles. The van der Waals surface area contributed by atoms with Crippen LogP contribution in [0.5, 0.6) is 0 Å². The molecule has 8 heteroatoms. The molecule has 2 N–H and O–H groups in total. The molecule has 1 aliphatic heterocycles. The van der Waals surface area contributed by atoms with Crippen LogP contribution in [0.4, 0.5) is 10.3 Å². The summed E-state index contributed by atoms with van der Waals surface area (Å²) in [6, 6.07) is 16.3. The van der Waals surface area contributed by atoms with Gasteiger partial charge in [-0.2, -0.15) is 0 Å². The fraction of sp³-hybridized carbons (Fsp3) is 0.406. The van der Waals surface area contributed by atoms with Gasteiger partial charge in [-0.3, -0.25) is 9.30 Å². The normalized spacial score (nSPS) is 22.7. The van der Waals surface area contributed by atoms with E-state index in [0.29, 0.717) is 11.4 Å². The van der Waals surface area contributed by atoms with E-state index in [2.05, 4.69) is 56.4 Å². The first-order chi connectivity index (χ1) is 19.6. The van der Waals surface area contributed by atoms with Crippen molar-refractivity contribution >= 4 is 22.6 Å². The Kier molecular flexibility index (Phi) is 6.71. The van der Waals surface area contributed by atoms with Crippen LogP contribution in [-0.2, 0) is 6.54 Å². The zero-order chi connectivity index (χ0) is 27.1. The van der Waals surface area contributed by atoms with E-state index in [0.717, 1.165) is 73.3 Å². The SMILES string of the molecule is CC1CCC([C@H](Nc2nccc3nccn23)c2nc3c(F)c(C4CCN(Cc5ccccc5)C4)ccc3[nH]2)CC1. The summed E-state index contributed by atoms with van der Waals surface area (Å²) < 4.78 is 18.1. The average molecular weight is 538 g/mol. The molecular formula is C32H36FN7. The maximum atomic E-state index is 16.1. The molecule has 7 nitrogen and oxygen atoms in total. The Balaban J connectivity index is 1.18. The van der Waals surface area contributed by atoms with Crippen molar-refractivity contribution in [3.05, 3.63) is 89.9 Å². The number of rotatable bonds is 7. The van der Waals surface area contributed by atoms with Crippen LogP contribution in [0.1, 0.15) is 67.9 Å². The van der Waals surface area contributed by atoms with E-state index in [1.165, 1.54) is 18.4 Å². The van der Waals surface area contributed by atoms with Gasteiger partial charge in [0.05, 0.1) is 11.6 Å². The van der Waals surface area contributed by atoms with Gasteiger partial charge >= 0.3 is 0 Å². The molecule has 1 saturated carbocycles. The number of aromatic nitrogens is 5. The molecule has 2 aromatic carbocycles. The van der Waals surface area contributed by atoms with Gasteiger partial charge in [0.25, 0.3) is 0 Å². The van der Waals surface area contributed by atoms with Crippen molar-refractivity contribution in [2.24, 2.45) is 11.8 Å². The van der Waals surface area contributed by atoms with Crippen molar-refractivity contribution in [1.82, 2.24) is 29.2 Å². The van der Waals surface area contributed by atoms with E-state index in [4.69, 9.17) is 4.98 Å². The van der Waals surface area contributed by atoms with Crippen LogP contribution in [-0.4, -0.2) is 42.3 Å². The van der Waals surface area contributed by atoms with Gasteiger partial charge in [-0.25, -0.2) is 19.3 Å². The van der Waals surface area contributed by atoms with Crippen LogP contribution >= 0.6 is 0 Å². The lowest BCUT2D eigenvalue weighted by molar-refractivity contribution is 0.260. The van der Waals surface area contributed by atoms with Gasteiger partial charge in [-0.05, 0) is 60.9 Å². The number of nitrogens with zero attached hydrogens (tertiary/aromatic N) is 5. The van der Waals surface area contributed by atoms with E-state index >= 15 is 4.39 Å². The molecule has 206 valence electrons. The van der Waals surface area contributed by atoms with E-state index in [9.17, 15) is 0 Å². The van der Waals surface area contributed by atoms with E-state index in [-0.39, 0.29) is 17.8 Å². The number of anilines is 1. The first kappa shape index (κ1) is 25.2. The smallest absolute Gasteiger partial charge is 0.209 e. The Bertz CT molecular complexity index is 1600. The molecule has 1 aliphatic carbocycles. The minimum absolute atomic E-state index is 0.101. The number of fused-ring (bicyclic) bond motifs is 2. The molecule has 0 amide bonds. The highest BCUT2D eigenvalue weighted by Gasteiger charge is 2.32. The van der Waals surface area contributed by atoms with Gasteiger partial charge in [0, 0.05) is 37.6 Å². The fourth-order valence-corrected chi connectivity index (χ4v) is 6.74. The van der Waals surface area contributed by atoms with Crippen molar-refractivity contribution in [1.29, 1.82) is 0 Å². The third kappa shape index (κ3) is 4.85. The lowest BCUT2D eigenvalue weighted by Crippen LogP contribution is -2.27. The molecule has 2 fully saturated rings. The summed E-state index contributed by atoms with van der Waals surface area (Å²) in [6.07, 6.45) is 11.0. The summed E-state index contributed by atoms with van der Waals surface area (Å²) in [5.41, 5.74) is 4.11. The van der Waals surface area contributed by atoms with Gasteiger partial charge in [-0.1, -0.05) is 56.2 Å². The van der Waals surface area contributed by atoms with Crippen molar-refractivity contribution < 1.29 is 4.39 Å². The molecule has 2 atom stereocenters. The van der Waals surface area contributed by atoms with Crippen LogP contribution in [0.25, 0.3) is 16.7 Å². The molecule has 0 bridgehead atoms. The van der Waals surface area contributed by atoms with Crippen molar-refractivity contribution in [2.75, 3.05) is 18.4 Å². The quantitative estimate of drug-likeness (QED) is 0.241. The van der Waals surface area contributed by atoms with Gasteiger partial charge in [0.2, 0.25) is 5.95 Å². The number of hydrogen-bond donors (Lipinski definition) is 2. The highest BCUT2D eigenvalue weighted by atomic mass is 19.1. The molecule has 0 spiro atoms. The fourth-order valence-electron chi connectivity index (χ4n) is 6.74. The molecule has 1 unspecified atom stereocenters. The number of likely N-dealkylation sites (tertiary alicyclic amines) is 1. The summed E-state index contributed by atoms with van der Waals surface area (Å²) in [4.78, 5) is 19.9. The van der Waals surface area contributed by atoms with Crippen LogP contribution in [0, 0.1) is 17.7 Å². The highest BCUT2D eigenvalue weighted by molar-refractivity contribution is 5.77. The second kappa shape index (κ2) is 10.7. The zero-order valence-corrected chi connectivity index (χ0v) is 22.9. The molecule has 3 aromatic heterocycles. The molecule has 0 radical (unpaired) electrons. The third-order valence-electron chi connectivity index (χ3n) is 9.03. The standard InChI is InChI=1S/C32H36FN7/c1-21-7-9-23(10-8-21)29(38-32-35-15-13-27-34-16-18-40(27)32)31-36-26-12-11-25(28(33)30(26)37-31)24-14-17-39(20-24)19-22-5-3-2-4-6-22/h2-6,11-13,15-16,18,21,23-24,29H,7-10,14,17,19-20H2,1H3,(H,35,38)(H,36,37)/t21?,23?,24?,29-/m0/s1. The predicted molar refractivity (Wildman–Crippen MR) is 156 cm³/mol. The highest BCUT2D eigenvalue weighted by Crippen LogP contribution is 2.39. The molecule has 40 heavy (non-hydrogen) atoms. The second-order valence-corrected chi connectivity index (χ2v) is 11.8. The van der Waals surface area contributed by atoms with E-state index < -0.39 is 0 Å². The molecule has 7 rings (SSSR count). The topological polar surface area (TPSA) is 74.1 Å². The molecular weight excluding hydrogens is 501 g/mol. The number of halogens is 1. The minimum atomic E-state index is -0.183. The Hall–Kier alpha value is -3.78. The first-order valence-electron chi connectivity index (χ1n) is 14.6. The van der Waals surface area contributed by atoms with Crippen LogP contribution < -0.4 is 5.32 Å². The lowest BCUT2D eigenvalue weighted by atomic mass is 9.79. The lowest BCUT2D eigenvalue weighted by Gasteiger charge is -2.32. The van der Waals surface area contributed by atoms with Gasteiger partial charge in [0.1, 0.15) is 17.0 Å². The van der Waals surface area contributed by atoms with Crippen molar-refractivity contribution in [3.8, 4) is 0 Å². The number of imidazole rings is 2. The Morgan fingerprint density at radius 1 is 1.00 bits per heavy atom. The molecule has 5 aromatic rings. The maximum absolute atomic E-state index is 16.1. The van der Waals surface area contributed by atoms with Crippen LogP contribution in [0.2, 0.25) is 0 Å². The average Bonchev–Trinajstić information content (AvgIpc) is 3.74. The summed E-state index contributed by atoms with van der Waals surface area (Å²) in [5.74, 6) is 2.60. The maximum Gasteiger partial charge on any atom is 0.209 e. The summed E-state index contributed by atoms with van der Waals surface area (Å²) in [5, 5.41) is 3.68. The number of H-pyrrole nitrogens is 1. The van der Waals surface area contributed by atoms with E-state index in [1.807, 2.05) is 34.9 Å². The zero-order valence-electron chi connectivity index (χ0n) is 22.9. The van der Waals surface area contributed by atoms with Crippen molar-refractivity contribution in [2.45, 2.75) is 57.5 Å². The number of benzene rings is 2. The van der Waals surface area contributed by atoms with Gasteiger partial charge in [-0.15, -0.1) is 0 Å². The third-order valence-corrected chi connectivity index (χ3v) is 9.03. The van der Waals surface area contributed by atoms with Crippen LogP contribution in [0.3, 0.4) is 0 Å². The summed E-state index contributed by atoms with van der Waals surface area (Å²) in [6.45, 7) is 5.06. The number of nitrogens with one attached hydrogen (secondary N) is 2. The predicted octanol–water partition coefficient (Wildman–Crippen LogP) is 6.71. The molecule has 2 aliphatic rings. The Labute approximate surface area is 233 Å². The van der Waals surface area contributed by atoms with Crippen molar-refractivity contribution in [3.63, 3.8) is 0 Å². The van der Waals surface area contributed by atoms with Gasteiger partial charge < -0.3 is 10.3 Å². The van der Waals surface area contributed by atoms with Crippen LogP contribution in [0.15, 0.2) is 67.1 Å². The monoisotopic (exact) mass is 537 g/mol. The summed E-state index contributed by atoms with van der Waals surface area (Å²) >= 11 is 0. The first-order valence-corrected chi connectivity index (χ1v) is 14.6. The summed E-state index contributed by atoms with van der Waals surface area (Å²) in [7, 11) is 0. The molecule has 1 saturated heterocycles. The largest absolute Gasteiger partial charge is 0.345 e. The number of aromatic amines is 1. The Morgan fingerprint density at radius 2 is 1.85 bits per heavy atom.